The third-order valence-electron chi connectivity index (χ3n) is 2.32. The molecule has 0 radical (unpaired) electrons. The smallest absolute Gasteiger partial charge is 0.332 e. The lowest BCUT2D eigenvalue weighted by Crippen LogP contribution is -2.43. The van der Waals surface area contributed by atoms with Crippen molar-refractivity contribution in [2.24, 2.45) is 11.5 Å². The van der Waals surface area contributed by atoms with Crippen LogP contribution in [0.2, 0.25) is 5.02 Å². The lowest BCUT2D eigenvalue weighted by atomic mass is 10.2. The van der Waals surface area contributed by atoms with Crippen molar-refractivity contribution < 1.29 is 19.1 Å². The number of primary amides is 1. The maximum absolute atomic E-state index is 11.7. The first-order valence-electron chi connectivity index (χ1n) is 5.69. The molecule has 1 atom stereocenters. The second-order valence-corrected chi connectivity index (χ2v) is 4.19. The van der Waals surface area contributed by atoms with Gasteiger partial charge in [-0.05, 0) is 25.1 Å². The third-order valence-corrected chi connectivity index (χ3v) is 2.65. The molecule has 0 spiro atoms. The Labute approximate surface area is 120 Å². The molecule has 2 amide bonds. The van der Waals surface area contributed by atoms with Gasteiger partial charge in [-0.3, -0.25) is 9.59 Å². The van der Waals surface area contributed by atoms with Gasteiger partial charge >= 0.3 is 5.97 Å². The highest BCUT2D eigenvalue weighted by molar-refractivity contribution is 6.34. The first-order chi connectivity index (χ1) is 9.36. The zero-order chi connectivity index (χ0) is 15.3. The Hall–Kier alpha value is -2.12. The fourth-order valence-corrected chi connectivity index (χ4v) is 1.56. The van der Waals surface area contributed by atoms with Crippen molar-refractivity contribution in [1.29, 1.82) is 0 Å². The van der Waals surface area contributed by atoms with Crippen molar-refractivity contribution in [3.63, 3.8) is 0 Å². The molecule has 0 aromatic heterocycles. The van der Waals surface area contributed by atoms with Gasteiger partial charge in [-0.1, -0.05) is 11.6 Å². The zero-order valence-electron chi connectivity index (χ0n) is 10.7. The number of halogens is 1. The molecule has 0 fully saturated rings. The summed E-state index contributed by atoms with van der Waals surface area (Å²) in [7, 11) is 0. The minimum atomic E-state index is -1.46. The number of ether oxygens (including phenoxy) is 1. The number of benzene rings is 1. The summed E-state index contributed by atoms with van der Waals surface area (Å²) in [5.74, 6) is -2.34. The minimum absolute atomic E-state index is 0.0502. The maximum Gasteiger partial charge on any atom is 0.332 e. The molecule has 0 aliphatic carbocycles. The summed E-state index contributed by atoms with van der Waals surface area (Å²) in [5.41, 5.74) is 10.8. The molecule has 1 aromatic rings. The molecule has 1 aromatic carbocycles. The Kier molecular flexibility index (Phi) is 5.48. The molecular formula is C12H14ClN3O4. The fraction of sp³-hybridized carbons (Fsp3) is 0.250. The van der Waals surface area contributed by atoms with Gasteiger partial charge in [0.2, 0.25) is 5.91 Å². The summed E-state index contributed by atoms with van der Waals surface area (Å²) < 4.78 is 4.62. The Morgan fingerprint density at radius 3 is 2.60 bits per heavy atom. The molecule has 108 valence electrons. The molecule has 0 bridgehead atoms. The lowest BCUT2D eigenvalue weighted by Gasteiger charge is -2.12. The van der Waals surface area contributed by atoms with E-state index in [9.17, 15) is 14.4 Å². The van der Waals surface area contributed by atoms with Crippen LogP contribution in [0.1, 0.15) is 17.3 Å². The Morgan fingerprint density at radius 2 is 2.05 bits per heavy atom. The van der Waals surface area contributed by atoms with Gasteiger partial charge in [-0.2, -0.15) is 0 Å². The predicted molar refractivity (Wildman–Crippen MR) is 73.2 cm³/mol. The minimum Gasteiger partial charge on any atom is -0.464 e. The molecule has 1 rings (SSSR count). The van der Waals surface area contributed by atoms with Crippen LogP contribution < -0.4 is 16.8 Å². The van der Waals surface area contributed by atoms with Crippen LogP contribution >= 0.6 is 11.6 Å². The number of hydrogen-bond acceptors (Lipinski definition) is 5. The SMILES string of the molecule is CCOC(=O)C(N)C(=O)Nc1ccc(Cl)c(C(N)=O)c1. The first kappa shape index (κ1) is 15.9. The van der Waals surface area contributed by atoms with Crippen LogP contribution in [-0.4, -0.2) is 30.4 Å². The van der Waals surface area contributed by atoms with Gasteiger partial charge in [-0.25, -0.2) is 4.79 Å². The van der Waals surface area contributed by atoms with Crippen molar-refractivity contribution in [3.05, 3.63) is 28.8 Å². The van der Waals surface area contributed by atoms with Crippen molar-refractivity contribution in [3.8, 4) is 0 Å². The Bertz CT molecular complexity index is 548. The van der Waals surface area contributed by atoms with E-state index in [1.54, 1.807) is 6.92 Å². The normalized spacial score (nSPS) is 11.6. The summed E-state index contributed by atoms with van der Waals surface area (Å²) in [6.45, 7) is 1.72. The van der Waals surface area contributed by atoms with Gasteiger partial charge in [0.05, 0.1) is 17.2 Å². The number of nitrogens with one attached hydrogen (secondary N) is 1. The van der Waals surface area contributed by atoms with Crippen LogP contribution in [0.25, 0.3) is 0 Å². The molecule has 5 N–H and O–H groups in total. The second-order valence-electron chi connectivity index (χ2n) is 3.78. The fourth-order valence-electron chi connectivity index (χ4n) is 1.35. The second kappa shape index (κ2) is 6.88. The van der Waals surface area contributed by atoms with Crippen molar-refractivity contribution in [2.75, 3.05) is 11.9 Å². The first-order valence-corrected chi connectivity index (χ1v) is 6.07. The predicted octanol–water partition coefficient (Wildman–Crippen LogP) is 0.268. The van der Waals surface area contributed by atoms with Gasteiger partial charge in [-0.15, -0.1) is 0 Å². The number of carbonyl (C=O) groups is 3. The number of amides is 2. The van der Waals surface area contributed by atoms with Gasteiger partial charge < -0.3 is 21.5 Å². The number of hydrogen-bond donors (Lipinski definition) is 3. The number of nitrogens with two attached hydrogens (primary N) is 2. The molecular weight excluding hydrogens is 286 g/mol. The maximum atomic E-state index is 11.7. The van der Waals surface area contributed by atoms with E-state index in [0.717, 1.165) is 0 Å². The average molecular weight is 300 g/mol. The van der Waals surface area contributed by atoms with Gasteiger partial charge in [0.1, 0.15) is 0 Å². The van der Waals surface area contributed by atoms with E-state index in [1.807, 2.05) is 0 Å². The topological polar surface area (TPSA) is 125 Å². The van der Waals surface area contributed by atoms with Crippen molar-refractivity contribution in [2.45, 2.75) is 13.0 Å². The van der Waals surface area contributed by atoms with E-state index in [4.69, 9.17) is 23.1 Å². The highest BCUT2D eigenvalue weighted by atomic mass is 35.5. The third kappa shape index (κ3) is 3.94. The van der Waals surface area contributed by atoms with E-state index < -0.39 is 23.8 Å². The van der Waals surface area contributed by atoms with E-state index >= 15 is 0 Å². The Morgan fingerprint density at radius 1 is 1.40 bits per heavy atom. The number of esters is 1. The number of carbonyl (C=O) groups excluding carboxylic acids is 3. The van der Waals surface area contributed by atoms with Crippen LogP contribution in [0.5, 0.6) is 0 Å². The molecule has 1 unspecified atom stereocenters. The highest BCUT2D eigenvalue weighted by Crippen LogP contribution is 2.20. The molecule has 0 heterocycles. The molecule has 0 aliphatic heterocycles. The number of anilines is 1. The van der Waals surface area contributed by atoms with E-state index in [0.29, 0.717) is 0 Å². The molecule has 20 heavy (non-hydrogen) atoms. The lowest BCUT2D eigenvalue weighted by molar-refractivity contribution is -0.146. The highest BCUT2D eigenvalue weighted by Gasteiger charge is 2.23. The summed E-state index contributed by atoms with van der Waals surface area (Å²) >= 11 is 5.77. The van der Waals surface area contributed by atoms with Gasteiger partial charge in [0, 0.05) is 5.69 Å². The van der Waals surface area contributed by atoms with Crippen LogP contribution in [-0.2, 0) is 14.3 Å². The Balaban J connectivity index is 2.83. The van der Waals surface area contributed by atoms with E-state index in [2.05, 4.69) is 10.1 Å². The average Bonchev–Trinajstić information content (AvgIpc) is 2.39. The molecule has 0 saturated heterocycles. The summed E-state index contributed by atoms with van der Waals surface area (Å²) in [6.07, 6.45) is 0. The largest absolute Gasteiger partial charge is 0.464 e. The molecule has 0 saturated carbocycles. The van der Waals surface area contributed by atoms with Crippen molar-refractivity contribution in [1.82, 2.24) is 0 Å². The summed E-state index contributed by atoms with van der Waals surface area (Å²) in [5, 5.41) is 2.53. The van der Waals surface area contributed by atoms with Crippen LogP contribution in [0.4, 0.5) is 5.69 Å². The molecule has 0 aliphatic rings. The van der Waals surface area contributed by atoms with Crippen molar-refractivity contribution >= 4 is 35.1 Å². The van der Waals surface area contributed by atoms with Crippen LogP contribution in [0, 0.1) is 0 Å². The number of rotatable bonds is 5. The standard InChI is InChI=1S/C12H14ClN3O4/c1-2-20-12(19)9(14)11(18)16-6-3-4-8(13)7(5-6)10(15)17/h3-5,9H,2,14H2,1H3,(H2,15,17)(H,16,18). The quantitative estimate of drug-likeness (QED) is 0.531. The summed E-state index contributed by atoms with van der Waals surface area (Å²) in [6, 6.07) is 2.68. The van der Waals surface area contributed by atoms with Gasteiger partial charge in [0.15, 0.2) is 6.04 Å². The van der Waals surface area contributed by atoms with Gasteiger partial charge in [0.25, 0.3) is 5.91 Å². The monoisotopic (exact) mass is 299 g/mol. The van der Waals surface area contributed by atoms with E-state index in [1.165, 1.54) is 18.2 Å². The zero-order valence-corrected chi connectivity index (χ0v) is 11.4. The van der Waals surface area contributed by atoms with Crippen LogP contribution in [0.3, 0.4) is 0 Å². The summed E-state index contributed by atoms with van der Waals surface area (Å²) in [4.78, 5) is 34.1. The molecule has 8 heteroatoms. The molecule has 7 nitrogen and oxygen atoms in total. The van der Waals surface area contributed by atoms with E-state index in [-0.39, 0.29) is 22.9 Å². The van der Waals surface area contributed by atoms with Crippen LogP contribution in [0.15, 0.2) is 18.2 Å².